The summed E-state index contributed by atoms with van der Waals surface area (Å²) >= 11 is 0. The highest BCUT2D eigenvalue weighted by atomic mass is 16.5. The topological polar surface area (TPSA) is 290 Å². The fraction of sp³-hybridized carbons (Fsp3) is 0.434. The van der Waals surface area contributed by atoms with E-state index in [0.717, 1.165) is 45.3 Å². The van der Waals surface area contributed by atoms with Crippen LogP contribution in [0.3, 0.4) is 0 Å². The van der Waals surface area contributed by atoms with Crippen LogP contribution in [0.15, 0.2) is 79.3 Å². The van der Waals surface area contributed by atoms with Gasteiger partial charge >= 0.3 is 12.1 Å². The van der Waals surface area contributed by atoms with Gasteiger partial charge in [0.15, 0.2) is 5.78 Å². The monoisotopic (exact) mass is 1000 g/mol. The molecule has 3 aromatic carbocycles. The molecule has 0 bridgehead atoms. The number of hydrogen-bond donors (Lipinski definition) is 7. The maximum atomic E-state index is 13.7. The number of aromatic nitrogens is 4. The molecule has 0 spiro atoms. The minimum Gasteiger partial charge on any atom is -0.488 e. The van der Waals surface area contributed by atoms with Gasteiger partial charge in [-0.1, -0.05) is 50.6 Å². The van der Waals surface area contributed by atoms with E-state index in [9.17, 15) is 38.7 Å². The van der Waals surface area contributed by atoms with Crippen molar-refractivity contribution in [3.63, 3.8) is 0 Å². The Labute approximate surface area is 422 Å². The van der Waals surface area contributed by atoms with Crippen molar-refractivity contribution in [3.8, 4) is 5.75 Å². The minimum atomic E-state index is -0.846. The lowest BCUT2D eigenvalue weighted by Gasteiger charge is -2.26. The first-order valence-corrected chi connectivity index (χ1v) is 24.9. The van der Waals surface area contributed by atoms with Crippen molar-refractivity contribution in [1.82, 2.24) is 40.8 Å². The molecule has 1 fully saturated rings. The van der Waals surface area contributed by atoms with Gasteiger partial charge in [0.05, 0.1) is 35.6 Å². The smallest absolute Gasteiger partial charge is 0.407 e. The highest BCUT2D eigenvalue weighted by Crippen LogP contribution is 2.30. The number of fused-ring (bicyclic) bond motifs is 2. The summed E-state index contributed by atoms with van der Waals surface area (Å²) in [6.07, 6.45) is 10.5. The minimum absolute atomic E-state index is 0.0119. The van der Waals surface area contributed by atoms with Crippen LogP contribution in [0.1, 0.15) is 107 Å². The lowest BCUT2D eigenvalue weighted by atomic mass is 9.89. The van der Waals surface area contributed by atoms with E-state index in [-0.39, 0.29) is 87.1 Å². The standard InChI is InChI=1S/C53H64N10O10/c1-32(2)48(62-45(66)11-4-3-5-23-63-46(67)20-21-47(63)68)42(65)27-35(9-7-22-55-52(54)70)51(69)60-38-14-12-33(13-15-38)30-72-53(71)57-29-37-24-34(25-41-49(37)59-31-58-41)26-44-56-28-36-8-6-10-43(50(36)61-44)73-40-18-16-39(64)17-19-40/h6,8,10,12-15,20-21,24-25,28,31-32,35,39-40,48,64H,3-5,7,9,11,16-19,22-23,26-27,29-30H2,1-2H3,(H,57,71)(H,58,59)(H,60,69)(H,62,66)(H3,54,55,70)/t35-,39?,40?,48+/m1/s1. The van der Waals surface area contributed by atoms with Crippen LogP contribution < -0.4 is 31.7 Å². The third-order valence-corrected chi connectivity index (χ3v) is 13.0. The molecule has 1 aliphatic carbocycles. The molecule has 1 aliphatic heterocycles. The van der Waals surface area contributed by atoms with Crippen molar-refractivity contribution < 1.29 is 48.1 Å². The highest BCUT2D eigenvalue weighted by molar-refractivity contribution is 6.12. The van der Waals surface area contributed by atoms with Crippen molar-refractivity contribution in [1.29, 1.82) is 0 Å². The van der Waals surface area contributed by atoms with E-state index in [1.165, 1.54) is 12.2 Å². The number of aliphatic hydroxyl groups excluding tert-OH is 1. The number of aromatic amines is 1. The summed E-state index contributed by atoms with van der Waals surface area (Å²) in [7, 11) is 0. The molecule has 20 nitrogen and oxygen atoms in total. The molecule has 2 atom stereocenters. The average molecular weight is 1000 g/mol. The fourth-order valence-corrected chi connectivity index (χ4v) is 9.00. The van der Waals surface area contributed by atoms with Gasteiger partial charge in [-0.05, 0) is 98.2 Å². The van der Waals surface area contributed by atoms with Crippen molar-refractivity contribution in [2.24, 2.45) is 17.6 Å². The van der Waals surface area contributed by atoms with E-state index in [4.69, 9.17) is 20.2 Å². The van der Waals surface area contributed by atoms with Gasteiger partial charge in [-0.25, -0.2) is 24.5 Å². The summed E-state index contributed by atoms with van der Waals surface area (Å²) in [6, 6.07) is 14.9. The maximum Gasteiger partial charge on any atom is 0.407 e. The zero-order valence-corrected chi connectivity index (χ0v) is 41.2. The number of para-hydroxylation sites is 1. The molecule has 2 aliphatic rings. The van der Waals surface area contributed by atoms with Crippen LogP contribution in [0.5, 0.6) is 5.75 Å². The SMILES string of the molecule is CC(C)[C@H](NC(=O)CCCCCN1C(=O)C=CC1=O)C(=O)C[C@@H](CCCNC(N)=O)C(=O)Nc1ccc(COC(=O)NCc2cc(Cc3ncc4cccc(OC5CCC(O)CC5)c4n3)cc3[nH]cnc23)cc1. The number of nitrogens with two attached hydrogens (primary N) is 1. The van der Waals surface area contributed by atoms with Crippen LogP contribution in [0.4, 0.5) is 15.3 Å². The number of carbonyl (C=O) groups is 7. The Balaban J connectivity index is 0.891. The van der Waals surface area contributed by atoms with Gasteiger partial charge < -0.3 is 46.6 Å². The molecular formula is C53H64N10O10. The number of imide groups is 1. The number of ketones is 1. The van der Waals surface area contributed by atoms with Gasteiger partial charge in [-0.3, -0.25) is 28.9 Å². The summed E-state index contributed by atoms with van der Waals surface area (Å²) in [6.45, 7) is 4.15. The molecule has 7 rings (SSSR count). The zero-order chi connectivity index (χ0) is 51.9. The van der Waals surface area contributed by atoms with Gasteiger partial charge in [0.2, 0.25) is 11.8 Å². The van der Waals surface area contributed by atoms with Crippen LogP contribution in [0.2, 0.25) is 0 Å². The summed E-state index contributed by atoms with van der Waals surface area (Å²) in [4.78, 5) is 107. The van der Waals surface area contributed by atoms with Crippen LogP contribution in [0.25, 0.3) is 21.9 Å². The quantitative estimate of drug-likeness (QED) is 0.0269. The highest BCUT2D eigenvalue weighted by Gasteiger charge is 2.30. The van der Waals surface area contributed by atoms with E-state index >= 15 is 0 Å². The number of ether oxygens (including phenoxy) is 2. The number of nitrogens with zero attached hydrogens (tertiary/aromatic N) is 4. The molecule has 73 heavy (non-hydrogen) atoms. The number of carbonyl (C=O) groups excluding carboxylic acids is 7. The summed E-state index contributed by atoms with van der Waals surface area (Å²) in [5.41, 5.74) is 10.2. The predicted octanol–water partition coefficient (Wildman–Crippen LogP) is 5.79. The predicted molar refractivity (Wildman–Crippen MR) is 270 cm³/mol. The number of Topliss-reactive ketones (excluding diaryl/α,β-unsaturated/α-hetero) is 1. The number of benzene rings is 3. The maximum absolute atomic E-state index is 13.7. The average Bonchev–Trinajstić information content (AvgIpc) is 3.98. The normalized spacial score (nSPS) is 16.4. The Bertz CT molecular complexity index is 2790. The van der Waals surface area contributed by atoms with E-state index in [1.807, 2.05) is 30.3 Å². The number of anilines is 1. The Morgan fingerprint density at radius 2 is 1.66 bits per heavy atom. The number of imidazole rings is 1. The van der Waals surface area contributed by atoms with Gasteiger partial charge in [-0.2, -0.15) is 0 Å². The molecule has 5 aromatic rings. The van der Waals surface area contributed by atoms with Crippen molar-refractivity contribution >= 4 is 69.2 Å². The first kappa shape index (κ1) is 53.1. The Morgan fingerprint density at radius 3 is 2.40 bits per heavy atom. The van der Waals surface area contributed by atoms with Gasteiger partial charge in [-0.15, -0.1) is 0 Å². The number of urea groups is 1. The molecule has 2 aromatic heterocycles. The lowest BCUT2D eigenvalue weighted by molar-refractivity contribution is -0.137. The number of amides is 7. The molecular weight excluding hydrogens is 937 g/mol. The molecule has 386 valence electrons. The van der Waals surface area contributed by atoms with E-state index in [1.54, 1.807) is 50.6 Å². The molecule has 20 heteroatoms. The van der Waals surface area contributed by atoms with Crippen LogP contribution >= 0.6 is 0 Å². The molecule has 7 amide bonds. The first-order valence-electron chi connectivity index (χ1n) is 24.9. The number of alkyl carbamates (subject to hydrolysis) is 1. The Kier molecular flexibility index (Phi) is 18.6. The molecule has 0 unspecified atom stereocenters. The molecule has 1 saturated carbocycles. The molecule has 0 radical (unpaired) electrons. The summed E-state index contributed by atoms with van der Waals surface area (Å²) in [5.74, 6) is -1.54. The van der Waals surface area contributed by atoms with Crippen LogP contribution in [0, 0.1) is 11.8 Å². The second kappa shape index (κ2) is 25.6. The second-order valence-electron chi connectivity index (χ2n) is 18.9. The molecule has 8 N–H and O–H groups in total. The van der Waals surface area contributed by atoms with Gasteiger partial charge in [0.25, 0.3) is 11.8 Å². The third-order valence-electron chi connectivity index (χ3n) is 13.0. The number of primary amides is 1. The molecule has 3 heterocycles. The van der Waals surface area contributed by atoms with E-state index in [0.29, 0.717) is 73.3 Å². The van der Waals surface area contributed by atoms with E-state index in [2.05, 4.69) is 36.2 Å². The third kappa shape index (κ3) is 15.4. The number of H-pyrrole nitrogens is 1. The fourth-order valence-electron chi connectivity index (χ4n) is 9.00. The number of rotatable bonds is 25. The molecule has 0 saturated heterocycles. The van der Waals surface area contributed by atoms with Crippen molar-refractivity contribution in [2.75, 3.05) is 18.4 Å². The lowest BCUT2D eigenvalue weighted by Crippen LogP contribution is -2.45. The summed E-state index contributed by atoms with van der Waals surface area (Å²) in [5, 5.41) is 21.8. The number of aliphatic hydroxyl groups is 1. The Morgan fingerprint density at radius 1 is 0.890 bits per heavy atom. The second-order valence-corrected chi connectivity index (χ2v) is 18.9. The largest absolute Gasteiger partial charge is 0.488 e. The first-order chi connectivity index (χ1) is 35.2. The van der Waals surface area contributed by atoms with Gasteiger partial charge in [0.1, 0.15) is 23.7 Å². The zero-order valence-electron chi connectivity index (χ0n) is 41.2. The summed E-state index contributed by atoms with van der Waals surface area (Å²) < 4.78 is 11.9. The van der Waals surface area contributed by atoms with Crippen molar-refractivity contribution in [3.05, 3.63) is 102 Å². The number of hydrogen-bond acceptors (Lipinski definition) is 13. The van der Waals surface area contributed by atoms with Crippen molar-refractivity contribution in [2.45, 2.75) is 122 Å². The number of nitrogens with one attached hydrogen (secondary N) is 5. The Hall–Kier alpha value is -7.74. The van der Waals surface area contributed by atoms with Gasteiger partial charge in [0, 0.05) is 74.2 Å². The number of unbranched alkanes of at least 4 members (excludes halogenated alkanes) is 2. The van der Waals surface area contributed by atoms with E-state index < -0.39 is 30.0 Å². The van der Waals surface area contributed by atoms with Crippen LogP contribution in [-0.4, -0.2) is 103 Å². The van der Waals surface area contributed by atoms with Crippen LogP contribution in [-0.2, 0) is 48.3 Å².